The summed E-state index contributed by atoms with van der Waals surface area (Å²) in [6.07, 6.45) is 3.74. The monoisotopic (exact) mass is 390 g/mol. The quantitative estimate of drug-likeness (QED) is 0.332. The number of carboxylic acid groups (broad SMARTS) is 1. The molecule has 3 nitrogen and oxygen atoms in total. The molecule has 5 rings (SSSR count). The van der Waals surface area contributed by atoms with Gasteiger partial charge in [-0.15, -0.1) is 0 Å². The molecule has 0 fully saturated rings. The molecule has 0 spiro atoms. The smallest absolute Gasteiger partial charge is 0.336 e. The summed E-state index contributed by atoms with van der Waals surface area (Å²) in [6.45, 7) is 0. The molecular weight excluding hydrogens is 372 g/mol. The van der Waals surface area contributed by atoms with E-state index >= 15 is 0 Å². The number of benzene rings is 4. The largest absolute Gasteiger partial charge is 0.478 e. The third-order valence-corrected chi connectivity index (χ3v) is 5.25. The number of carboxylic acids is 1. The van der Waals surface area contributed by atoms with Crippen LogP contribution in [0.2, 0.25) is 0 Å². The summed E-state index contributed by atoms with van der Waals surface area (Å²) in [7, 11) is 0. The summed E-state index contributed by atoms with van der Waals surface area (Å²) < 4.78 is 6.20. The number of carbonyl (C=O) groups is 1. The van der Waals surface area contributed by atoms with Gasteiger partial charge in [0.25, 0.3) is 0 Å². The molecule has 0 unspecified atom stereocenters. The molecular formula is C27H18O3. The van der Waals surface area contributed by atoms with E-state index in [1.807, 2.05) is 54.6 Å². The minimum atomic E-state index is -0.928. The topological polar surface area (TPSA) is 50.4 Å². The average molecular weight is 390 g/mol. The van der Waals surface area contributed by atoms with Crippen LogP contribution in [0.1, 0.15) is 21.5 Å². The zero-order chi connectivity index (χ0) is 20.5. The van der Waals surface area contributed by atoms with Crippen molar-refractivity contribution in [1.29, 1.82) is 0 Å². The number of rotatable bonds is 4. The summed E-state index contributed by atoms with van der Waals surface area (Å²) in [6, 6.07) is 29.5. The maximum Gasteiger partial charge on any atom is 0.336 e. The highest BCUT2D eigenvalue weighted by Crippen LogP contribution is 2.33. The maximum atomic E-state index is 11.3. The third-order valence-electron chi connectivity index (χ3n) is 5.25. The second-order valence-corrected chi connectivity index (χ2v) is 7.16. The van der Waals surface area contributed by atoms with Crippen molar-refractivity contribution in [2.45, 2.75) is 0 Å². The molecule has 0 aliphatic heterocycles. The number of fused-ring (bicyclic) bond motifs is 3. The number of furan rings is 1. The lowest BCUT2D eigenvalue weighted by Gasteiger charge is -2.01. The molecule has 0 saturated heterocycles. The lowest BCUT2D eigenvalue weighted by molar-refractivity contribution is 0.0696. The fraction of sp³-hybridized carbons (Fsp3) is 0. The molecule has 3 heteroatoms. The van der Waals surface area contributed by atoms with Gasteiger partial charge in [0.05, 0.1) is 5.56 Å². The Labute approximate surface area is 173 Å². The molecule has 0 atom stereocenters. The second kappa shape index (κ2) is 7.37. The Balaban J connectivity index is 1.45. The molecule has 144 valence electrons. The number of hydrogen-bond acceptors (Lipinski definition) is 2. The van der Waals surface area contributed by atoms with E-state index < -0.39 is 5.97 Å². The molecule has 1 N–H and O–H groups in total. The van der Waals surface area contributed by atoms with Crippen LogP contribution >= 0.6 is 0 Å². The molecule has 1 heterocycles. The predicted molar refractivity (Wildman–Crippen MR) is 121 cm³/mol. The van der Waals surface area contributed by atoms with Crippen LogP contribution in [0.3, 0.4) is 0 Å². The van der Waals surface area contributed by atoms with E-state index in [1.54, 1.807) is 18.2 Å². The number of aromatic carboxylic acids is 1. The van der Waals surface area contributed by atoms with Gasteiger partial charge in [-0.2, -0.15) is 0 Å². The van der Waals surface area contributed by atoms with Crippen LogP contribution in [0, 0.1) is 0 Å². The standard InChI is InChI=1S/C27H18O3/c28-27(29)24-8-4-2-6-20(24)12-9-18-10-13-21(14-11-18)25-17-22-16-15-19-5-1-3-7-23(19)26(22)30-25/h1-17H,(H,28,29). The Bertz CT molecular complexity index is 1410. The van der Waals surface area contributed by atoms with E-state index in [9.17, 15) is 9.90 Å². The summed E-state index contributed by atoms with van der Waals surface area (Å²) in [4.78, 5) is 11.3. The highest BCUT2D eigenvalue weighted by atomic mass is 16.4. The fourth-order valence-corrected chi connectivity index (χ4v) is 3.69. The van der Waals surface area contributed by atoms with Crippen LogP contribution in [0.4, 0.5) is 0 Å². The van der Waals surface area contributed by atoms with Gasteiger partial charge in [0.15, 0.2) is 0 Å². The highest BCUT2D eigenvalue weighted by Gasteiger charge is 2.09. The minimum Gasteiger partial charge on any atom is -0.478 e. The Kier molecular flexibility index (Phi) is 4.41. The van der Waals surface area contributed by atoms with Gasteiger partial charge in [0, 0.05) is 16.3 Å². The summed E-state index contributed by atoms with van der Waals surface area (Å²) in [5.74, 6) is -0.101. The van der Waals surface area contributed by atoms with Gasteiger partial charge < -0.3 is 9.52 Å². The molecule has 4 aromatic carbocycles. The molecule has 0 radical (unpaired) electrons. The van der Waals surface area contributed by atoms with Gasteiger partial charge in [0.2, 0.25) is 0 Å². The Hall–Kier alpha value is -4.11. The van der Waals surface area contributed by atoms with Crippen molar-refractivity contribution in [3.05, 3.63) is 108 Å². The van der Waals surface area contributed by atoms with Crippen LogP contribution in [0.5, 0.6) is 0 Å². The average Bonchev–Trinajstić information content (AvgIpc) is 3.23. The van der Waals surface area contributed by atoms with Gasteiger partial charge in [-0.25, -0.2) is 4.79 Å². The zero-order valence-corrected chi connectivity index (χ0v) is 16.1. The molecule has 0 aliphatic carbocycles. The predicted octanol–water partition coefficient (Wildman–Crippen LogP) is 7.12. The van der Waals surface area contributed by atoms with Gasteiger partial charge in [0.1, 0.15) is 11.3 Å². The molecule has 0 saturated carbocycles. The van der Waals surface area contributed by atoms with Gasteiger partial charge >= 0.3 is 5.97 Å². The van der Waals surface area contributed by atoms with Crippen LogP contribution in [-0.4, -0.2) is 11.1 Å². The van der Waals surface area contributed by atoms with E-state index in [0.717, 1.165) is 38.6 Å². The molecule has 1 aromatic heterocycles. The fourth-order valence-electron chi connectivity index (χ4n) is 3.69. The zero-order valence-electron chi connectivity index (χ0n) is 16.1. The Morgan fingerprint density at radius 2 is 1.50 bits per heavy atom. The van der Waals surface area contributed by atoms with Crippen molar-refractivity contribution in [2.75, 3.05) is 0 Å². The number of hydrogen-bond donors (Lipinski definition) is 1. The summed E-state index contributed by atoms with van der Waals surface area (Å²) in [5.41, 5.74) is 3.86. The van der Waals surface area contributed by atoms with Crippen molar-refractivity contribution in [2.24, 2.45) is 0 Å². The van der Waals surface area contributed by atoms with Crippen LogP contribution in [0.15, 0.2) is 95.4 Å². The van der Waals surface area contributed by atoms with E-state index in [-0.39, 0.29) is 0 Å². The van der Waals surface area contributed by atoms with E-state index in [1.165, 1.54) is 0 Å². The van der Waals surface area contributed by atoms with Gasteiger partial charge in [-0.1, -0.05) is 91.0 Å². The minimum absolute atomic E-state index is 0.292. The SMILES string of the molecule is O=C(O)c1ccccc1C=Cc1ccc(-c2cc3ccc4ccccc4c3o2)cc1. The highest BCUT2D eigenvalue weighted by molar-refractivity contribution is 6.05. The van der Waals surface area contributed by atoms with Crippen LogP contribution < -0.4 is 0 Å². The first kappa shape index (κ1) is 18.0. The molecule has 0 aliphatic rings. The van der Waals surface area contributed by atoms with Crippen molar-refractivity contribution in [1.82, 2.24) is 0 Å². The Morgan fingerprint density at radius 3 is 2.33 bits per heavy atom. The van der Waals surface area contributed by atoms with Crippen molar-refractivity contribution < 1.29 is 14.3 Å². The summed E-state index contributed by atoms with van der Waals surface area (Å²) >= 11 is 0. The molecule has 30 heavy (non-hydrogen) atoms. The van der Waals surface area contributed by atoms with Gasteiger partial charge in [-0.05, 0) is 28.6 Å². The normalized spacial score (nSPS) is 11.5. The lowest BCUT2D eigenvalue weighted by atomic mass is 10.0. The first-order chi connectivity index (χ1) is 14.7. The van der Waals surface area contributed by atoms with E-state index in [2.05, 4.69) is 30.3 Å². The first-order valence-corrected chi connectivity index (χ1v) is 9.71. The first-order valence-electron chi connectivity index (χ1n) is 9.71. The van der Waals surface area contributed by atoms with E-state index in [0.29, 0.717) is 11.1 Å². The third kappa shape index (κ3) is 3.27. The van der Waals surface area contributed by atoms with Crippen LogP contribution in [0.25, 0.3) is 45.2 Å². The van der Waals surface area contributed by atoms with Crippen molar-refractivity contribution >= 4 is 39.9 Å². The molecule has 0 bridgehead atoms. The maximum absolute atomic E-state index is 11.3. The lowest BCUT2D eigenvalue weighted by Crippen LogP contribution is -1.98. The van der Waals surface area contributed by atoms with Crippen molar-refractivity contribution in [3.63, 3.8) is 0 Å². The van der Waals surface area contributed by atoms with Gasteiger partial charge in [-0.3, -0.25) is 0 Å². The molecule has 5 aromatic rings. The molecule has 0 amide bonds. The second-order valence-electron chi connectivity index (χ2n) is 7.16. The van der Waals surface area contributed by atoms with Crippen molar-refractivity contribution in [3.8, 4) is 11.3 Å². The Morgan fingerprint density at radius 1 is 0.767 bits per heavy atom. The van der Waals surface area contributed by atoms with E-state index in [4.69, 9.17) is 4.42 Å². The van der Waals surface area contributed by atoms with Crippen LogP contribution in [-0.2, 0) is 0 Å². The summed E-state index contributed by atoms with van der Waals surface area (Å²) in [5, 5.41) is 12.7.